The molecule has 1 heterocycles. The molecule has 118 valence electrons. The number of aromatic nitrogens is 1. The van der Waals surface area contributed by atoms with Crippen LogP contribution in [0.5, 0.6) is 0 Å². The number of halogens is 3. The molecule has 0 unspecified atom stereocenters. The first kappa shape index (κ1) is 17.2. The first-order valence-corrected chi connectivity index (χ1v) is 6.31. The third-order valence-electron chi connectivity index (χ3n) is 3.29. The molecule has 0 saturated carbocycles. The van der Waals surface area contributed by atoms with E-state index >= 15 is 0 Å². The zero-order valence-electron chi connectivity index (χ0n) is 11.6. The van der Waals surface area contributed by atoms with Crippen LogP contribution < -0.4 is 5.32 Å². The summed E-state index contributed by atoms with van der Waals surface area (Å²) >= 11 is 0. The maximum atomic E-state index is 12.6. The van der Waals surface area contributed by atoms with Gasteiger partial charge in [0.2, 0.25) is 0 Å². The molecule has 9 heteroatoms. The van der Waals surface area contributed by atoms with Gasteiger partial charge in [-0.05, 0) is 18.9 Å². The number of nitro groups is 1. The van der Waals surface area contributed by atoms with Gasteiger partial charge >= 0.3 is 11.9 Å². The van der Waals surface area contributed by atoms with E-state index in [0.29, 0.717) is 25.1 Å². The summed E-state index contributed by atoms with van der Waals surface area (Å²) in [7, 11) is 0. The topological polar surface area (TPSA) is 88.3 Å². The Balaban J connectivity index is 3.10. The number of anilines is 1. The number of alkyl halides is 3. The molecule has 0 amide bonds. The number of rotatable bonds is 6. The minimum atomic E-state index is -4.70. The van der Waals surface area contributed by atoms with Gasteiger partial charge < -0.3 is 10.4 Å². The van der Waals surface area contributed by atoms with Gasteiger partial charge in [0.25, 0.3) is 0 Å². The summed E-state index contributed by atoms with van der Waals surface area (Å²) in [5.41, 5.74) is -3.26. The molecule has 2 N–H and O–H groups in total. The van der Waals surface area contributed by atoms with E-state index in [0.717, 1.165) is 0 Å². The molecule has 6 nitrogen and oxygen atoms in total. The van der Waals surface area contributed by atoms with Crippen LogP contribution in [0.3, 0.4) is 0 Å². The zero-order valence-corrected chi connectivity index (χ0v) is 11.6. The van der Waals surface area contributed by atoms with Crippen molar-refractivity contribution in [3.8, 4) is 0 Å². The number of nitrogens with zero attached hydrogens (tertiary/aromatic N) is 2. The number of hydrogen-bond acceptors (Lipinski definition) is 5. The lowest BCUT2D eigenvalue weighted by Crippen LogP contribution is -2.35. The van der Waals surface area contributed by atoms with Crippen LogP contribution in [0.15, 0.2) is 12.3 Å². The molecular formula is C12H16F3N3O3. The quantitative estimate of drug-likeness (QED) is 0.623. The molecule has 1 rings (SSSR count). The van der Waals surface area contributed by atoms with Crippen LogP contribution in [0.25, 0.3) is 0 Å². The molecule has 1 aromatic rings. The fourth-order valence-corrected chi connectivity index (χ4v) is 1.65. The predicted octanol–water partition coefficient (Wildman–Crippen LogP) is 2.97. The Bertz CT molecular complexity index is 516. The fraction of sp³-hybridized carbons (Fsp3) is 0.583. The highest BCUT2D eigenvalue weighted by Crippen LogP contribution is 2.33. The molecule has 0 radical (unpaired) electrons. The summed E-state index contributed by atoms with van der Waals surface area (Å²) in [5.74, 6) is 0. The highest BCUT2D eigenvalue weighted by molar-refractivity contribution is 5.61. The summed E-state index contributed by atoms with van der Waals surface area (Å²) in [6, 6.07) is 0.573. The maximum absolute atomic E-state index is 12.6. The van der Waals surface area contributed by atoms with Gasteiger partial charge in [0, 0.05) is 6.54 Å². The first-order chi connectivity index (χ1) is 9.63. The summed E-state index contributed by atoms with van der Waals surface area (Å²) < 4.78 is 37.8. The Morgan fingerprint density at radius 1 is 1.38 bits per heavy atom. The van der Waals surface area contributed by atoms with E-state index in [1.54, 1.807) is 13.8 Å². The van der Waals surface area contributed by atoms with Crippen LogP contribution in [0.4, 0.5) is 24.5 Å². The lowest BCUT2D eigenvalue weighted by molar-refractivity contribution is -0.384. The van der Waals surface area contributed by atoms with Gasteiger partial charge in [0.05, 0.1) is 10.5 Å². The molecule has 1 aromatic heterocycles. The van der Waals surface area contributed by atoms with Crippen LogP contribution in [-0.2, 0) is 6.18 Å². The Labute approximate surface area is 119 Å². The van der Waals surface area contributed by atoms with E-state index in [2.05, 4.69) is 10.3 Å². The molecule has 0 aliphatic heterocycles. The smallest absolute Gasteiger partial charge is 0.388 e. The van der Waals surface area contributed by atoms with Crippen LogP contribution in [-0.4, -0.2) is 27.2 Å². The molecular weight excluding hydrogens is 291 g/mol. The van der Waals surface area contributed by atoms with Crippen molar-refractivity contribution < 1.29 is 23.2 Å². The minimum absolute atomic E-state index is 0.0951. The summed E-state index contributed by atoms with van der Waals surface area (Å²) in [4.78, 5) is 13.0. The predicted molar refractivity (Wildman–Crippen MR) is 69.9 cm³/mol. The van der Waals surface area contributed by atoms with E-state index in [9.17, 15) is 28.4 Å². The average molecular weight is 307 g/mol. The number of nitrogens with one attached hydrogen (secondary N) is 1. The van der Waals surface area contributed by atoms with Gasteiger partial charge in [-0.3, -0.25) is 10.1 Å². The van der Waals surface area contributed by atoms with E-state index in [1.165, 1.54) is 0 Å². The monoisotopic (exact) mass is 307 g/mol. The third-order valence-corrected chi connectivity index (χ3v) is 3.29. The first-order valence-electron chi connectivity index (χ1n) is 6.31. The van der Waals surface area contributed by atoms with Crippen molar-refractivity contribution in [1.29, 1.82) is 0 Å². The van der Waals surface area contributed by atoms with Crippen molar-refractivity contribution in [2.24, 2.45) is 0 Å². The van der Waals surface area contributed by atoms with Crippen LogP contribution in [0.2, 0.25) is 0 Å². The molecule has 21 heavy (non-hydrogen) atoms. The molecule has 0 aliphatic rings. The molecule has 0 atom stereocenters. The normalized spacial score (nSPS) is 12.3. The molecule has 0 saturated heterocycles. The van der Waals surface area contributed by atoms with Gasteiger partial charge in [-0.1, -0.05) is 13.8 Å². The molecule has 0 aliphatic carbocycles. The Morgan fingerprint density at radius 3 is 2.38 bits per heavy atom. The minimum Gasteiger partial charge on any atom is -0.388 e. The Kier molecular flexibility index (Phi) is 5.10. The van der Waals surface area contributed by atoms with Crippen LogP contribution >= 0.6 is 0 Å². The number of pyridine rings is 1. The van der Waals surface area contributed by atoms with Gasteiger partial charge in [-0.15, -0.1) is 0 Å². The van der Waals surface area contributed by atoms with Crippen molar-refractivity contribution >= 4 is 11.4 Å². The van der Waals surface area contributed by atoms with E-state index < -0.39 is 28.1 Å². The van der Waals surface area contributed by atoms with Crippen molar-refractivity contribution in [2.75, 3.05) is 11.9 Å². The molecule has 0 spiro atoms. The van der Waals surface area contributed by atoms with E-state index in [1.807, 2.05) is 0 Å². The zero-order chi connectivity index (χ0) is 16.3. The van der Waals surface area contributed by atoms with Crippen LogP contribution in [0.1, 0.15) is 32.4 Å². The largest absolute Gasteiger partial charge is 0.433 e. The Morgan fingerprint density at radius 2 is 1.95 bits per heavy atom. The standard InChI is InChI=1S/C12H16F3N3O3/c1-3-11(19,4-2)7-17-8-5-10(12(13,14)15)16-6-9(8)18(20)21/h5-6,19H,3-4,7H2,1-2H3,(H,16,17). The second kappa shape index (κ2) is 6.25. The van der Waals surface area contributed by atoms with E-state index in [4.69, 9.17) is 0 Å². The maximum Gasteiger partial charge on any atom is 0.433 e. The second-order valence-electron chi connectivity index (χ2n) is 4.63. The van der Waals surface area contributed by atoms with Crippen LogP contribution in [0, 0.1) is 10.1 Å². The Hall–Kier alpha value is -1.90. The number of hydrogen-bond donors (Lipinski definition) is 2. The summed E-state index contributed by atoms with van der Waals surface area (Å²) in [5, 5.41) is 23.4. The number of aliphatic hydroxyl groups is 1. The fourth-order valence-electron chi connectivity index (χ4n) is 1.65. The van der Waals surface area contributed by atoms with Gasteiger partial charge in [-0.2, -0.15) is 13.2 Å². The molecule has 0 aromatic carbocycles. The second-order valence-corrected chi connectivity index (χ2v) is 4.63. The summed E-state index contributed by atoms with van der Waals surface area (Å²) in [6.07, 6.45) is -3.41. The van der Waals surface area contributed by atoms with Crippen molar-refractivity contribution in [2.45, 2.75) is 38.5 Å². The third kappa shape index (κ3) is 4.28. The highest BCUT2D eigenvalue weighted by atomic mass is 19.4. The molecule has 0 bridgehead atoms. The highest BCUT2D eigenvalue weighted by Gasteiger charge is 2.34. The summed E-state index contributed by atoms with van der Waals surface area (Å²) in [6.45, 7) is 3.34. The van der Waals surface area contributed by atoms with Crippen molar-refractivity contribution in [3.63, 3.8) is 0 Å². The lowest BCUT2D eigenvalue weighted by Gasteiger charge is -2.25. The van der Waals surface area contributed by atoms with Gasteiger partial charge in [0.1, 0.15) is 17.6 Å². The van der Waals surface area contributed by atoms with E-state index in [-0.39, 0.29) is 12.2 Å². The van der Waals surface area contributed by atoms with Gasteiger partial charge in [0.15, 0.2) is 0 Å². The SMILES string of the molecule is CCC(O)(CC)CNc1cc(C(F)(F)F)ncc1[N+](=O)[O-]. The molecule has 0 fully saturated rings. The average Bonchev–Trinajstić information content (AvgIpc) is 2.43. The van der Waals surface area contributed by atoms with Gasteiger partial charge in [-0.25, -0.2) is 4.98 Å². The van der Waals surface area contributed by atoms with Crippen molar-refractivity contribution in [1.82, 2.24) is 4.98 Å². The van der Waals surface area contributed by atoms with Crippen molar-refractivity contribution in [3.05, 3.63) is 28.1 Å². The lowest BCUT2D eigenvalue weighted by atomic mass is 9.97.